The van der Waals surface area contributed by atoms with E-state index in [-0.39, 0.29) is 5.91 Å². The molecule has 1 amide bonds. The summed E-state index contributed by atoms with van der Waals surface area (Å²) in [6.45, 7) is 0.863. The zero-order chi connectivity index (χ0) is 15.4. The average Bonchev–Trinajstić information content (AvgIpc) is 2.43. The molecule has 0 heterocycles. The molecule has 0 aromatic heterocycles. The number of nitrogen functional groups attached to an aromatic ring is 1. The number of anilines is 2. The average molecular weight is 304 g/mol. The number of halogens is 1. The predicted octanol–water partition coefficient (Wildman–Crippen LogP) is 3.24. The minimum Gasteiger partial charge on any atom is -0.398 e. The highest BCUT2D eigenvalue weighted by atomic mass is 35.5. The van der Waals surface area contributed by atoms with E-state index in [1.807, 2.05) is 38.4 Å². The molecule has 0 aliphatic heterocycles. The van der Waals surface area contributed by atoms with E-state index in [2.05, 4.69) is 10.2 Å². The van der Waals surface area contributed by atoms with Crippen LogP contribution < -0.4 is 11.1 Å². The number of hydrogen-bond donors (Lipinski definition) is 2. The van der Waals surface area contributed by atoms with Gasteiger partial charge in [-0.1, -0.05) is 23.7 Å². The molecule has 110 valence electrons. The van der Waals surface area contributed by atoms with Crippen LogP contribution in [0.15, 0.2) is 42.5 Å². The smallest absolute Gasteiger partial charge is 0.255 e. The number of hydrogen-bond acceptors (Lipinski definition) is 3. The fraction of sp³-hybridized carbons (Fsp3) is 0.188. The molecule has 21 heavy (non-hydrogen) atoms. The fourth-order valence-corrected chi connectivity index (χ4v) is 2.06. The third-order valence-electron chi connectivity index (χ3n) is 2.97. The van der Waals surface area contributed by atoms with E-state index in [0.717, 1.165) is 12.2 Å². The van der Waals surface area contributed by atoms with E-state index in [0.29, 0.717) is 16.3 Å². The summed E-state index contributed by atoms with van der Waals surface area (Å²) in [5.41, 5.74) is 8.51. The largest absolute Gasteiger partial charge is 0.398 e. The Bertz CT molecular complexity index is 638. The highest BCUT2D eigenvalue weighted by molar-refractivity contribution is 6.33. The molecule has 0 saturated carbocycles. The first-order valence-electron chi connectivity index (χ1n) is 6.56. The van der Waals surface area contributed by atoms with E-state index in [1.54, 1.807) is 18.2 Å². The van der Waals surface area contributed by atoms with Crippen LogP contribution in [-0.4, -0.2) is 24.9 Å². The SMILES string of the molecule is CN(C)Cc1ccc(NC(=O)c2ccc(Cl)c(N)c2)cc1. The molecule has 2 aromatic carbocycles. The first kappa shape index (κ1) is 15.4. The molecule has 0 aliphatic carbocycles. The van der Waals surface area contributed by atoms with Gasteiger partial charge < -0.3 is 16.0 Å². The summed E-state index contributed by atoms with van der Waals surface area (Å²) in [4.78, 5) is 14.2. The molecule has 5 heteroatoms. The van der Waals surface area contributed by atoms with Gasteiger partial charge in [0.2, 0.25) is 0 Å². The quantitative estimate of drug-likeness (QED) is 0.853. The second kappa shape index (κ2) is 6.61. The Hall–Kier alpha value is -2.04. The summed E-state index contributed by atoms with van der Waals surface area (Å²) < 4.78 is 0. The van der Waals surface area contributed by atoms with Crippen LogP contribution in [0.4, 0.5) is 11.4 Å². The minimum absolute atomic E-state index is 0.210. The van der Waals surface area contributed by atoms with Crippen molar-refractivity contribution in [1.29, 1.82) is 0 Å². The summed E-state index contributed by atoms with van der Waals surface area (Å²) in [6, 6.07) is 12.6. The van der Waals surface area contributed by atoms with E-state index in [9.17, 15) is 4.79 Å². The van der Waals surface area contributed by atoms with Crippen molar-refractivity contribution in [1.82, 2.24) is 4.90 Å². The number of carbonyl (C=O) groups is 1. The van der Waals surface area contributed by atoms with Gasteiger partial charge in [0.25, 0.3) is 5.91 Å². The van der Waals surface area contributed by atoms with Crippen LogP contribution in [0.5, 0.6) is 0 Å². The van der Waals surface area contributed by atoms with Gasteiger partial charge in [0.1, 0.15) is 0 Å². The first-order valence-corrected chi connectivity index (χ1v) is 6.93. The Morgan fingerprint density at radius 2 is 1.86 bits per heavy atom. The topological polar surface area (TPSA) is 58.4 Å². The highest BCUT2D eigenvalue weighted by Crippen LogP contribution is 2.20. The molecule has 2 rings (SSSR count). The molecule has 3 N–H and O–H groups in total. The molecule has 0 unspecified atom stereocenters. The molecule has 4 nitrogen and oxygen atoms in total. The van der Waals surface area contributed by atoms with Crippen LogP contribution in [0.25, 0.3) is 0 Å². The van der Waals surface area contributed by atoms with E-state index in [4.69, 9.17) is 17.3 Å². The maximum absolute atomic E-state index is 12.1. The molecule has 0 saturated heterocycles. The van der Waals surface area contributed by atoms with E-state index >= 15 is 0 Å². The summed E-state index contributed by atoms with van der Waals surface area (Å²) in [5, 5.41) is 3.28. The van der Waals surface area contributed by atoms with Crippen molar-refractivity contribution in [2.45, 2.75) is 6.54 Å². The molecule has 0 aliphatic rings. The number of nitrogens with two attached hydrogens (primary N) is 1. The summed E-state index contributed by atoms with van der Waals surface area (Å²) in [7, 11) is 4.03. The number of rotatable bonds is 4. The molecule has 0 radical (unpaired) electrons. The lowest BCUT2D eigenvalue weighted by Crippen LogP contribution is -2.13. The Morgan fingerprint density at radius 1 is 1.19 bits per heavy atom. The fourth-order valence-electron chi connectivity index (χ4n) is 1.95. The van der Waals surface area contributed by atoms with Crippen molar-refractivity contribution in [2.75, 3.05) is 25.1 Å². The molecule has 0 bridgehead atoms. The second-order valence-corrected chi connectivity index (χ2v) is 5.53. The third kappa shape index (κ3) is 4.21. The molecular formula is C16H18ClN3O. The van der Waals surface area contributed by atoms with Crippen LogP contribution in [0.3, 0.4) is 0 Å². The maximum atomic E-state index is 12.1. The van der Waals surface area contributed by atoms with Gasteiger partial charge >= 0.3 is 0 Å². The molecule has 2 aromatic rings. The number of benzene rings is 2. The summed E-state index contributed by atoms with van der Waals surface area (Å²) in [6.07, 6.45) is 0. The van der Waals surface area contributed by atoms with Crippen molar-refractivity contribution >= 4 is 28.9 Å². The first-order chi connectivity index (χ1) is 9.95. The summed E-state index contributed by atoms with van der Waals surface area (Å²) >= 11 is 5.84. The number of nitrogens with zero attached hydrogens (tertiary/aromatic N) is 1. The number of nitrogens with one attached hydrogen (secondary N) is 1. The highest BCUT2D eigenvalue weighted by Gasteiger charge is 2.08. The molecular weight excluding hydrogens is 286 g/mol. The van der Waals surface area contributed by atoms with E-state index in [1.165, 1.54) is 5.56 Å². The van der Waals surface area contributed by atoms with E-state index < -0.39 is 0 Å². The van der Waals surface area contributed by atoms with Crippen LogP contribution in [0, 0.1) is 0 Å². The van der Waals surface area contributed by atoms with Gasteiger partial charge in [-0.3, -0.25) is 4.79 Å². The van der Waals surface area contributed by atoms with Crippen molar-refractivity contribution in [3.05, 3.63) is 58.6 Å². The lowest BCUT2D eigenvalue weighted by atomic mass is 10.1. The molecule has 0 atom stereocenters. The van der Waals surface area contributed by atoms with Crippen LogP contribution in [-0.2, 0) is 6.54 Å². The Labute approximate surface area is 129 Å². The second-order valence-electron chi connectivity index (χ2n) is 5.13. The van der Waals surface area contributed by atoms with Crippen LogP contribution in [0.2, 0.25) is 5.02 Å². The Kier molecular flexibility index (Phi) is 4.83. The Balaban J connectivity index is 2.06. The van der Waals surface area contributed by atoms with Gasteiger partial charge in [-0.05, 0) is 50.0 Å². The van der Waals surface area contributed by atoms with Gasteiger partial charge in [-0.15, -0.1) is 0 Å². The molecule has 0 fully saturated rings. The standard InChI is InChI=1S/C16H18ClN3O/c1-20(2)10-11-3-6-13(7-4-11)19-16(21)12-5-8-14(17)15(18)9-12/h3-9H,10,18H2,1-2H3,(H,19,21). The monoisotopic (exact) mass is 303 g/mol. The molecule has 0 spiro atoms. The number of amides is 1. The van der Waals surface area contributed by atoms with Gasteiger partial charge in [0.05, 0.1) is 10.7 Å². The number of carbonyl (C=O) groups excluding carboxylic acids is 1. The maximum Gasteiger partial charge on any atom is 0.255 e. The van der Waals surface area contributed by atoms with Crippen LogP contribution in [0.1, 0.15) is 15.9 Å². The Morgan fingerprint density at radius 3 is 2.43 bits per heavy atom. The van der Waals surface area contributed by atoms with Gasteiger partial charge in [0.15, 0.2) is 0 Å². The van der Waals surface area contributed by atoms with Crippen molar-refractivity contribution in [3.63, 3.8) is 0 Å². The van der Waals surface area contributed by atoms with Gasteiger partial charge in [-0.25, -0.2) is 0 Å². The van der Waals surface area contributed by atoms with Crippen molar-refractivity contribution in [2.24, 2.45) is 0 Å². The predicted molar refractivity (Wildman–Crippen MR) is 87.7 cm³/mol. The third-order valence-corrected chi connectivity index (χ3v) is 3.31. The van der Waals surface area contributed by atoms with Crippen molar-refractivity contribution in [3.8, 4) is 0 Å². The zero-order valence-electron chi connectivity index (χ0n) is 12.1. The lowest BCUT2D eigenvalue weighted by Gasteiger charge is -2.11. The lowest BCUT2D eigenvalue weighted by molar-refractivity contribution is 0.102. The normalized spacial score (nSPS) is 10.7. The van der Waals surface area contributed by atoms with Gasteiger partial charge in [-0.2, -0.15) is 0 Å². The zero-order valence-corrected chi connectivity index (χ0v) is 12.8. The van der Waals surface area contributed by atoms with Gasteiger partial charge in [0, 0.05) is 17.8 Å². The minimum atomic E-state index is -0.210. The van der Waals surface area contributed by atoms with Crippen molar-refractivity contribution < 1.29 is 4.79 Å². The van der Waals surface area contributed by atoms with Crippen LogP contribution >= 0.6 is 11.6 Å². The summed E-state index contributed by atoms with van der Waals surface area (Å²) in [5.74, 6) is -0.210.